The molecule has 0 aliphatic rings. The molecule has 0 unspecified atom stereocenters. The van der Waals surface area contributed by atoms with Gasteiger partial charge in [0, 0.05) is 27.3 Å². The van der Waals surface area contributed by atoms with Gasteiger partial charge in [0.1, 0.15) is 11.5 Å². The van der Waals surface area contributed by atoms with E-state index < -0.39 is 5.91 Å². The van der Waals surface area contributed by atoms with Crippen molar-refractivity contribution in [2.45, 2.75) is 52.4 Å². The van der Waals surface area contributed by atoms with Crippen LogP contribution in [0.2, 0.25) is 10.0 Å². The summed E-state index contributed by atoms with van der Waals surface area (Å²) in [4.78, 5) is 12.7. The lowest BCUT2D eigenvalue weighted by Gasteiger charge is -2.28. The smallest absolute Gasteiger partial charge is 0.271 e. The summed E-state index contributed by atoms with van der Waals surface area (Å²) < 4.78 is 0. The first kappa shape index (κ1) is 23.0. The molecule has 0 aliphatic carbocycles. The number of nitrogens with one attached hydrogen (secondary N) is 1. The third-order valence-electron chi connectivity index (χ3n) is 4.42. The Kier molecular flexibility index (Phi) is 6.55. The molecule has 3 N–H and O–H groups in total. The van der Waals surface area contributed by atoms with E-state index in [1.54, 1.807) is 12.1 Å². The topological polar surface area (TPSA) is 81.9 Å². The Hall–Kier alpha value is -2.24. The predicted octanol–water partition coefficient (Wildman–Crippen LogP) is 5.76. The first-order valence-electron chi connectivity index (χ1n) is 9.11. The second kappa shape index (κ2) is 8.25. The molecule has 0 atom stereocenters. The summed E-state index contributed by atoms with van der Waals surface area (Å²) in [6.07, 6.45) is 1.26. The van der Waals surface area contributed by atoms with Gasteiger partial charge >= 0.3 is 0 Å². The second-order valence-electron chi connectivity index (χ2n) is 8.94. The lowest BCUT2D eigenvalue weighted by Crippen LogP contribution is -2.22. The molecule has 7 heteroatoms. The largest absolute Gasteiger partial charge is 0.507 e. The number of benzene rings is 2. The van der Waals surface area contributed by atoms with Crippen LogP contribution >= 0.6 is 23.2 Å². The van der Waals surface area contributed by atoms with Crippen molar-refractivity contribution in [1.29, 1.82) is 0 Å². The maximum atomic E-state index is 12.7. The number of amides is 1. The van der Waals surface area contributed by atoms with Gasteiger partial charge < -0.3 is 10.2 Å². The maximum Gasteiger partial charge on any atom is 0.271 e. The van der Waals surface area contributed by atoms with Gasteiger partial charge in [0.05, 0.1) is 11.2 Å². The number of carbonyl (C=O) groups excluding carboxylic acids is 1. The molecule has 2 aromatic carbocycles. The number of phenols is 2. The van der Waals surface area contributed by atoms with Crippen molar-refractivity contribution >= 4 is 35.3 Å². The minimum Gasteiger partial charge on any atom is -0.507 e. The van der Waals surface area contributed by atoms with Crippen LogP contribution in [0.4, 0.5) is 0 Å². The molecule has 2 rings (SSSR count). The van der Waals surface area contributed by atoms with Crippen molar-refractivity contribution in [2.75, 3.05) is 0 Å². The standard InChI is InChI=1S/C22H26Cl2N2O3/c1-21(2,3)15-8-12(9-16(19(15)28)22(4,5)6)20(29)26-25-11-13-7-14(23)10-17(24)18(13)27/h7-11,27-28H,1-6H3,(H,26,29). The summed E-state index contributed by atoms with van der Waals surface area (Å²) in [5.74, 6) is -0.419. The van der Waals surface area contributed by atoms with Crippen LogP contribution < -0.4 is 5.43 Å². The van der Waals surface area contributed by atoms with Gasteiger partial charge in [0.2, 0.25) is 0 Å². The molecule has 0 fully saturated rings. The minimum absolute atomic E-state index is 0.0912. The van der Waals surface area contributed by atoms with E-state index in [0.29, 0.717) is 21.7 Å². The molecule has 0 saturated carbocycles. The van der Waals surface area contributed by atoms with Gasteiger partial charge in [-0.2, -0.15) is 5.10 Å². The Labute approximate surface area is 181 Å². The Bertz CT molecular complexity index is 936. The number of phenolic OH excluding ortho intramolecular Hbond substituents is 2. The Morgan fingerprint density at radius 1 is 0.931 bits per heavy atom. The van der Waals surface area contributed by atoms with Crippen molar-refractivity contribution in [1.82, 2.24) is 5.43 Å². The highest BCUT2D eigenvalue weighted by Gasteiger charge is 2.27. The number of hydrogen-bond acceptors (Lipinski definition) is 4. The molecule has 0 aliphatic heterocycles. The number of hydrazone groups is 1. The summed E-state index contributed by atoms with van der Waals surface area (Å²) in [7, 11) is 0. The first-order valence-corrected chi connectivity index (χ1v) is 9.87. The van der Waals surface area contributed by atoms with E-state index in [2.05, 4.69) is 10.5 Å². The number of halogens is 2. The second-order valence-corrected chi connectivity index (χ2v) is 9.79. The molecule has 0 aromatic heterocycles. The molecule has 156 valence electrons. The SMILES string of the molecule is CC(C)(C)c1cc(C(=O)NN=Cc2cc(Cl)cc(Cl)c2O)cc(C(C)(C)C)c1O. The third kappa shape index (κ3) is 5.43. The highest BCUT2D eigenvalue weighted by molar-refractivity contribution is 6.36. The van der Waals surface area contributed by atoms with Crippen LogP contribution in [-0.2, 0) is 10.8 Å². The van der Waals surface area contributed by atoms with Crippen LogP contribution in [0.15, 0.2) is 29.4 Å². The predicted molar refractivity (Wildman–Crippen MR) is 119 cm³/mol. The van der Waals surface area contributed by atoms with E-state index in [0.717, 1.165) is 0 Å². The van der Waals surface area contributed by atoms with Crippen LogP contribution in [0.25, 0.3) is 0 Å². The van der Waals surface area contributed by atoms with Gasteiger partial charge in [0.25, 0.3) is 5.91 Å². The third-order valence-corrected chi connectivity index (χ3v) is 4.92. The van der Waals surface area contributed by atoms with Gasteiger partial charge in [-0.25, -0.2) is 5.43 Å². The summed E-state index contributed by atoms with van der Waals surface area (Å²) in [6.45, 7) is 11.8. The monoisotopic (exact) mass is 436 g/mol. The van der Waals surface area contributed by atoms with Crippen LogP contribution in [0.5, 0.6) is 11.5 Å². The lowest BCUT2D eigenvalue weighted by molar-refractivity contribution is 0.0955. The molecule has 29 heavy (non-hydrogen) atoms. The highest BCUT2D eigenvalue weighted by Crippen LogP contribution is 2.39. The van der Waals surface area contributed by atoms with Crippen molar-refractivity contribution < 1.29 is 15.0 Å². The number of rotatable bonds is 3. The quantitative estimate of drug-likeness (QED) is 0.422. The lowest BCUT2D eigenvalue weighted by atomic mass is 9.78. The van der Waals surface area contributed by atoms with Crippen LogP contribution in [0.1, 0.15) is 68.6 Å². The van der Waals surface area contributed by atoms with E-state index in [4.69, 9.17) is 23.2 Å². The van der Waals surface area contributed by atoms with Gasteiger partial charge in [0.15, 0.2) is 0 Å². The van der Waals surface area contributed by atoms with Gasteiger partial charge in [-0.05, 0) is 35.1 Å². The van der Waals surface area contributed by atoms with Crippen LogP contribution in [0, 0.1) is 0 Å². The molecular weight excluding hydrogens is 411 g/mol. The van der Waals surface area contributed by atoms with Crippen molar-refractivity contribution in [3.63, 3.8) is 0 Å². The number of carbonyl (C=O) groups is 1. The van der Waals surface area contributed by atoms with E-state index in [1.807, 2.05) is 41.5 Å². The van der Waals surface area contributed by atoms with E-state index in [9.17, 15) is 15.0 Å². The molecule has 0 saturated heterocycles. The summed E-state index contributed by atoms with van der Waals surface area (Å²) in [5.41, 5.74) is 3.75. The molecular formula is C22H26Cl2N2O3. The molecule has 5 nitrogen and oxygen atoms in total. The number of hydrogen-bond donors (Lipinski definition) is 3. The summed E-state index contributed by atoms with van der Waals surface area (Å²) >= 11 is 11.8. The van der Waals surface area contributed by atoms with Crippen molar-refractivity contribution in [3.8, 4) is 11.5 Å². The molecule has 0 heterocycles. The van der Waals surface area contributed by atoms with Gasteiger partial charge in [-0.15, -0.1) is 0 Å². The molecule has 2 aromatic rings. The van der Waals surface area contributed by atoms with Crippen LogP contribution in [-0.4, -0.2) is 22.3 Å². The molecule has 1 amide bonds. The highest BCUT2D eigenvalue weighted by atomic mass is 35.5. The van der Waals surface area contributed by atoms with E-state index in [-0.39, 0.29) is 32.9 Å². The van der Waals surface area contributed by atoms with E-state index in [1.165, 1.54) is 18.3 Å². The summed E-state index contributed by atoms with van der Waals surface area (Å²) in [6, 6.07) is 6.23. The zero-order chi connectivity index (χ0) is 22.1. The molecule has 0 spiro atoms. The fraction of sp³-hybridized carbons (Fsp3) is 0.364. The minimum atomic E-state index is -0.440. The maximum absolute atomic E-state index is 12.7. The molecule has 0 radical (unpaired) electrons. The number of aromatic hydroxyl groups is 2. The van der Waals surface area contributed by atoms with Gasteiger partial charge in [-0.1, -0.05) is 64.7 Å². The average Bonchev–Trinajstić information content (AvgIpc) is 2.56. The fourth-order valence-corrected chi connectivity index (χ4v) is 3.33. The molecule has 0 bridgehead atoms. The Balaban J connectivity index is 2.38. The van der Waals surface area contributed by atoms with E-state index >= 15 is 0 Å². The van der Waals surface area contributed by atoms with Gasteiger partial charge in [-0.3, -0.25) is 4.79 Å². The first-order chi connectivity index (χ1) is 13.2. The Morgan fingerprint density at radius 3 is 1.93 bits per heavy atom. The fourth-order valence-electron chi connectivity index (χ4n) is 2.82. The average molecular weight is 437 g/mol. The summed E-state index contributed by atoms with van der Waals surface area (Å²) in [5, 5.41) is 25.1. The normalized spacial score (nSPS) is 12.4. The van der Waals surface area contributed by atoms with Crippen LogP contribution in [0.3, 0.4) is 0 Å². The number of nitrogens with zero attached hydrogens (tertiary/aromatic N) is 1. The zero-order valence-electron chi connectivity index (χ0n) is 17.4. The van der Waals surface area contributed by atoms with Crippen molar-refractivity contribution in [2.24, 2.45) is 5.10 Å². The zero-order valence-corrected chi connectivity index (χ0v) is 18.9. The Morgan fingerprint density at radius 2 is 1.45 bits per heavy atom. The van der Waals surface area contributed by atoms with Crippen molar-refractivity contribution in [3.05, 3.63) is 56.6 Å².